The lowest BCUT2D eigenvalue weighted by atomic mass is 10.0. The molecule has 24 heavy (non-hydrogen) atoms. The molecule has 0 atom stereocenters. The Labute approximate surface area is 152 Å². The third-order valence-electron chi connectivity index (χ3n) is 3.79. The lowest BCUT2D eigenvalue weighted by molar-refractivity contribution is 0.0962. The Balaban J connectivity index is 2.07. The standard InChI is InChI=1S/C17H15BrClN3O2/c1-20-17(23)10-3-9(15(19)14(5-10)24-2)4-11-7-21-16-13(11)6-12(18)8-22-16/h3,5-8H,4H2,1-2H3,(H,20,23)(H,21,22). The van der Waals surface area contributed by atoms with E-state index in [1.807, 2.05) is 12.3 Å². The second-order valence-electron chi connectivity index (χ2n) is 5.27. The number of nitrogens with zero attached hydrogens (tertiary/aromatic N) is 1. The predicted octanol–water partition coefficient (Wildman–Crippen LogP) is 3.94. The van der Waals surface area contributed by atoms with Gasteiger partial charge in [-0.2, -0.15) is 0 Å². The zero-order valence-electron chi connectivity index (χ0n) is 13.1. The van der Waals surface area contributed by atoms with E-state index in [4.69, 9.17) is 16.3 Å². The van der Waals surface area contributed by atoms with Crippen LogP contribution < -0.4 is 10.1 Å². The number of carbonyl (C=O) groups is 1. The fourth-order valence-corrected chi connectivity index (χ4v) is 3.18. The summed E-state index contributed by atoms with van der Waals surface area (Å²) in [6, 6.07) is 5.42. The number of hydrogen-bond acceptors (Lipinski definition) is 3. The first kappa shape index (κ1) is 16.8. The van der Waals surface area contributed by atoms with Gasteiger partial charge in [0.25, 0.3) is 5.91 Å². The second-order valence-corrected chi connectivity index (χ2v) is 6.56. The topological polar surface area (TPSA) is 67.0 Å². The van der Waals surface area contributed by atoms with E-state index in [9.17, 15) is 4.79 Å². The fraction of sp³-hybridized carbons (Fsp3) is 0.176. The molecule has 0 aliphatic carbocycles. The Bertz CT molecular complexity index is 924. The van der Waals surface area contributed by atoms with Gasteiger partial charge in [0.2, 0.25) is 0 Å². The highest BCUT2D eigenvalue weighted by Crippen LogP contribution is 2.33. The number of carbonyl (C=O) groups excluding carboxylic acids is 1. The second kappa shape index (κ2) is 6.83. The number of ether oxygens (including phenoxy) is 1. The number of benzene rings is 1. The summed E-state index contributed by atoms with van der Waals surface area (Å²) >= 11 is 9.87. The minimum atomic E-state index is -0.186. The average molecular weight is 409 g/mol. The Morgan fingerprint density at radius 3 is 2.88 bits per heavy atom. The van der Waals surface area contributed by atoms with E-state index >= 15 is 0 Å². The van der Waals surface area contributed by atoms with Crippen LogP contribution in [-0.2, 0) is 6.42 Å². The monoisotopic (exact) mass is 407 g/mol. The van der Waals surface area contributed by atoms with Crippen LogP contribution in [0.25, 0.3) is 11.0 Å². The highest BCUT2D eigenvalue weighted by molar-refractivity contribution is 9.10. The Kier molecular flexibility index (Phi) is 4.78. The first-order valence-corrected chi connectivity index (χ1v) is 8.40. The van der Waals surface area contributed by atoms with E-state index in [0.717, 1.165) is 26.6 Å². The van der Waals surface area contributed by atoms with Gasteiger partial charge >= 0.3 is 0 Å². The van der Waals surface area contributed by atoms with E-state index in [0.29, 0.717) is 22.8 Å². The van der Waals surface area contributed by atoms with Gasteiger partial charge in [0.15, 0.2) is 0 Å². The molecule has 0 aliphatic heterocycles. The molecule has 7 heteroatoms. The molecule has 0 fully saturated rings. The first-order valence-electron chi connectivity index (χ1n) is 7.23. The van der Waals surface area contributed by atoms with Gasteiger partial charge in [-0.1, -0.05) is 11.6 Å². The molecule has 0 saturated heterocycles. The minimum absolute atomic E-state index is 0.186. The van der Waals surface area contributed by atoms with Gasteiger partial charge in [0, 0.05) is 41.3 Å². The van der Waals surface area contributed by atoms with Crippen molar-refractivity contribution < 1.29 is 9.53 Å². The molecule has 5 nitrogen and oxygen atoms in total. The molecule has 0 spiro atoms. The molecule has 1 amide bonds. The summed E-state index contributed by atoms with van der Waals surface area (Å²) in [5.41, 5.74) is 3.17. The van der Waals surface area contributed by atoms with Crippen LogP contribution in [0.1, 0.15) is 21.5 Å². The van der Waals surface area contributed by atoms with Crippen LogP contribution in [0.3, 0.4) is 0 Å². The van der Waals surface area contributed by atoms with Gasteiger partial charge in [-0.15, -0.1) is 0 Å². The van der Waals surface area contributed by atoms with Crippen LogP contribution in [0.2, 0.25) is 5.02 Å². The van der Waals surface area contributed by atoms with Gasteiger partial charge < -0.3 is 15.0 Å². The van der Waals surface area contributed by atoms with Crippen molar-refractivity contribution in [3.05, 3.63) is 56.8 Å². The highest BCUT2D eigenvalue weighted by atomic mass is 79.9. The van der Waals surface area contributed by atoms with Crippen LogP contribution in [0.4, 0.5) is 0 Å². The van der Waals surface area contributed by atoms with Gasteiger partial charge in [0.1, 0.15) is 11.4 Å². The molecule has 0 aliphatic rings. The predicted molar refractivity (Wildman–Crippen MR) is 98.0 cm³/mol. The molecule has 3 rings (SSSR count). The van der Waals surface area contributed by atoms with E-state index in [-0.39, 0.29) is 5.91 Å². The number of hydrogen-bond donors (Lipinski definition) is 2. The number of aromatic amines is 1. The van der Waals surface area contributed by atoms with Crippen molar-refractivity contribution in [2.75, 3.05) is 14.2 Å². The Morgan fingerprint density at radius 2 is 2.17 bits per heavy atom. The van der Waals surface area contributed by atoms with E-state index < -0.39 is 0 Å². The van der Waals surface area contributed by atoms with Crippen LogP contribution in [0.5, 0.6) is 5.75 Å². The zero-order chi connectivity index (χ0) is 17.3. The number of H-pyrrole nitrogens is 1. The van der Waals surface area contributed by atoms with Gasteiger partial charge in [0.05, 0.1) is 12.1 Å². The van der Waals surface area contributed by atoms with Crippen LogP contribution in [0, 0.1) is 0 Å². The highest BCUT2D eigenvalue weighted by Gasteiger charge is 2.15. The number of fused-ring (bicyclic) bond motifs is 1. The number of nitrogens with one attached hydrogen (secondary N) is 2. The first-order chi connectivity index (χ1) is 11.5. The van der Waals surface area contributed by atoms with Crippen LogP contribution in [-0.4, -0.2) is 30.0 Å². The van der Waals surface area contributed by atoms with Crippen LogP contribution in [0.15, 0.2) is 35.1 Å². The number of pyridine rings is 1. The molecule has 2 heterocycles. The smallest absolute Gasteiger partial charge is 0.251 e. The van der Waals surface area contributed by atoms with Gasteiger partial charge in [-0.3, -0.25) is 4.79 Å². The van der Waals surface area contributed by atoms with Crippen molar-refractivity contribution in [2.45, 2.75) is 6.42 Å². The van der Waals surface area contributed by atoms with Crippen molar-refractivity contribution in [3.63, 3.8) is 0 Å². The summed E-state index contributed by atoms with van der Waals surface area (Å²) in [5.74, 6) is 0.293. The van der Waals surface area contributed by atoms with Crippen molar-refractivity contribution >= 4 is 44.5 Å². The molecule has 2 aromatic heterocycles. The summed E-state index contributed by atoms with van der Waals surface area (Å²) in [4.78, 5) is 19.5. The van der Waals surface area contributed by atoms with E-state index in [1.165, 1.54) is 7.11 Å². The number of methoxy groups -OCH3 is 1. The van der Waals surface area contributed by atoms with Gasteiger partial charge in [-0.25, -0.2) is 4.98 Å². The zero-order valence-corrected chi connectivity index (χ0v) is 15.5. The maximum Gasteiger partial charge on any atom is 0.251 e. The largest absolute Gasteiger partial charge is 0.495 e. The summed E-state index contributed by atoms with van der Waals surface area (Å²) in [6.07, 6.45) is 4.20. The van der Waals surface area contributed by atoms with Crippen LogP contribution >= 0.6 is 27.5 Å². The molecular formula is C17H15BrClN3O2. The van der Waals surface area contributed by atoms with E-state index in [2.05, 4.69) is 31.2 Å². The van der Waals surface area contributed by atoms with E-state index in [1.54, 1.807) is 25.4 Å². The molecule has 2 N–H and O–H groups in total. The maximum atomic E-state index is 12.0. The summed E-state index contributed by atoms with van der Waals surface area (Å²) in [7, 11) is 3.12. The molecule has 3 aromatic rings. The molecule has 0 radical (unpaired) electrons. The normalized spacial score (nSPS) is 10.8. The Morgan fingerprint density at radius 1 is 1.38 bits per heavy atom. The summed E-state index contributed by atoms with van der Waals surface area (Å²) in [6.45, 7) is 0. The minimum Gasteiger partial charge on any atom is -0.495 e. The quantitative estimate of drug-likeness (QED) is 0.687. The average Bonchev–Trinajstić information content (AvgIpc) is 2.98. The molecule has 124 valence electrons. The lowest BCUT2D eigenvalue weighted by Crippen LogP contribution is -2.18. The molecule has 0 unspecified atom stereocenters. The number of rotatable bonds is 4. The third kappa shape index (κ3) is 3.12. The SMILES string of the molecule is CNC(=O)c1cc(Cc2c[nH]c3ncc(Br)cc23)c(Cl)c(OC)c1. The van der Waals surface area contributed by atoms with Crippen molar-refractivity contribution in [3.8, 4) is 5.75 Å². The molecule has 0 saturated carbocycles. The summed E-state index contributed by atoms with van der Waals surface area (Å²) < 4.78 is 6.21. The lowest BCUT2D eigenvalue weighted by Gasteiger charge is -2.11. The number of amides is 1. The van der Waals surface area contributed by atoms with Crippen molar-refractivity contribution in [2.24, 2.45) is 0 Å². The Hall–Kier alpha value is -2.05. The number of aromatic nitrogens is 2. The molecule has 0 bridgehead atoms. The van der Waals surface area contributed by atoms with Crippen molar-refractivity contribution in [1.82, 2.24) is 15.3 Å². The van der Waals surface area contributed by atoms with Gasteiger partial charge in [-0.05, 0) is 45.3 Å². The maximum absolute atomic E-state index is 12.0. The molecule has 1 aromatic carbocycles. The molecular weight excluding hydrogens is 394 g/mol. The van der Waals surface area contributed by atoms with Crippen molar-refractivity contribution in [1.29, 1.82) is 0 Å². The fourth-order valence-electron chi connectivity index (χ4n) is 2.59. The number of halogens is 2. The third-order valence-corrected chi connectivity index (χ3v) is 4.65. The summed E-state index contributed by atoms with van der Waals surface area (Å²) in [5, 5.41) is 4.12.